The summed E-state index contributed by atoms with van der Waals surface area (Å²) in [6, 6.07) is 0.388. The van der Waals surface area contributed by atoms with E-state index in [-0.39, 0.29) is 18.4 Å². The number of nitrogens with one attached hydrogen (secondary N) is 1. The largest absolute Gasteiger partial charge is 0.353 e. The molecule has 0 saturated carbocycles. The van der Waals surface area contributed by atoms with Gasteiger partial charge in [0, 0.05) is 25.6 Å². The zero-order valence-corrected chi connectivity index (χ0v) is 11.9. The molecule has 2 saturated heterocycles. The number of nitrogens with zero attached hydrogens (tertiary/aromatic N) is 2. The molecular weight excluding hydrogens is 242 g/mol. The zero-order chi connectivity index (χ0) is 13.7. The molecule has 0 aliphatic carbocycles. The average Bonchev–Trinajstić information content (AvgIpc) is 2.82. The molecule has 0 radical (unpaired) electrons. The van der Waals surface area contributed by atoms with Gasteiger partial charge in [0.1, 0.15) is 0 Å². The van der Waals surface area contributed by atoms with E-state index < -0.39 is 0 Å². The summed E-state index contributed by atoms with van der Waals surface area (Å²) in [5.41, 5.74) is 0. The second-order valence-electron chi connectivity index (χ2n) is 5.67. The molecule has 0 aromatic rings. The third-order valence-electron chi connectivity index (χ3n) is 4.11. The van der Waals surface area contributed by atoms with Crippen LogP contribution in [0.1, 0.15) is 39.0 Å². The number of amides is 2. The molecule has 108 valence electrons. The minimum absolute atomic E-state index is 0.0286. The molecule has 2 aliphatic heterocycles. The summed E-state index contributed by atoms with van der Waals surface area (Å²) in [4.78, 5) is 27.3. The maximum Gasteiger partial charge on any atom is 0.239 e. The predicted octanol–water partition coefficient (Wildman–Crippen LogP) is 0.599. The van der Waals surface area contributed by atoms with Gasteiger partial charge in [0.05, 0.1) is 6.54 Å². The number of carbonyl (C=O) groups is 2. The number of piperidine rings is 1. The van der Waals surface area contributed by atoms with Crippen LogP contribution in [0.3, 0.4) is 0 Å². The molecule has 2 aliphatic rings. The summed E-state index contributed by atoms with van der Waals surface area (Å²) >= 11 is 0. The Morgan fingerprint density at radius 2 is 1.95 bits per heavy atom. The second kappa shape index (κ2) is 6.89. The fourth-order valence-electron chi connectivity index (χ4n) is 2.85. The minimum atomic E-state index is -0.0286. The maximum absolute atomic E-state index is 11.8. The lowest BCUT2D eigenvalue weighted by Gasteiger charge is -2.32. The van der Waals surface area contributed by atoms with Crippen molar-refractivity contribution in [2.24, 2.45) is 0 Å². The SMILES string of the molecule is CC(CNC(=O)CN1CCCC1=O)N1CCCCC1. The van der Waals surface area contributed by atoms with Gasteiger partial charge in [-0.3, -0.25) is 14.5 Å². The van der Waals surface area contributed by atoms with Crippen molar-refractivity contribution in [2.75, 3.05) is 32.7 Å². The monoisotopic (exact) mass is 267 g/mol. The van der Waals surface area contributed by atoms with Crippen molar-refractivity contribution in [1.29, 1.82) is 0 Å². The lowest BCUT2D eigenvalue weighted by molar-refractivity contribution is -0.133. The summed E-state index contributed by atoms with van der Waals surface area (Å²) in [7, 11) is 0. The summed E-state index contributed by atoms with van der Waals surface area (Å²) < 4.78 is 0. The first-order valence-corrected chi connectivity index (χ1v) is 7.45. The molecule has 2 fully saturated rings. The zero-order valence-electron chi connectivity index (χ0n) is 11.9. The van der Waals surface area contributed by atoms with Crippen LogP contribution in [-0.4, -0.2) is 60.4 Å². The van der Waals surface area contributed by atoms with E-state index in [1.54, 1.807) is 4.90 Å². The number of hydrogen-bond donors (Lipinski definition) is 1. The molecule has 0 spiro atoms. The average molecular weight is 267 g/mol. The highest BCUT2D eigenvalue weighted by atomic mass is 16.2. The Bertz CT molecular complexity index is 327. The van der Waals surface area contributed by atoms with E-state index in [2.05, 4.69) is 17.1 Å². The molecule has 1 atom stereocenters. The van der Waals surface area contributed by atoms with Crippen LogP contribution in [0.15, 0.2) is 0 Å². The number of carbonyl (C=O) groups excluding carboxylic acids is 2. The van der Waals surface area contributed by atoms with Gasteiger partial charge in [0.15, 0.2) is 0 Å². The van der Waals surface area contributed by atoms with Crippen LogP contribution < -0.4 is 5.32 Å². The van der Waals surface area contributed by atoms with E-state index in [1.165, 1.54) is 19.3 Å². The molecule has 1 N–H and O–H groups in total. The molecule has 19 heavy (non-hydrogen) atoms. The summed E-state index contributed by atoms with van der Waals surface area (Å²) in [6.07, 6.45) is 5.33. The van der Waals surface area contributed by atoms with Crippen LogP contribution in [0.25, 0.3) is 0 Å². The Labute approximate surface area is 115 Å². The summed E-state index contributed by atoms with van der Waals surface area (Å²) in [5.74, 6) is 0.0818. The van der Waals surface area contributed by atoms with E-state index in [0.29, 0.717) is 19.0 Å². The van der Waals surface area contributed by atoms with E-state index in [4.69, 9.17) is 0 Å². The molecular formula is C14H25N3O2. The predicted molar refractivity (Wildman–Crippen MR) is 73.7 cm³/mol. The molecule has 1 unspecified atom stereocenters. The van der Waals surface area contributed by atoms with Crippen molar-refractivity contribution in [1.82, 2.24) is 15.1 Å². The Hall–Kier alpha value is -1.10. The Morgan fingerprint density at radius 3 is 2.58 bits per heavy atom. The van der Waals surface area contributed by atoms with Gasteiger partial charge in [-0.05, 0) is 39.3 Å². The topological polar surface area (TPSA) is 52.7 Å². The van der Waals surface area contributed by atoms with Gasteiger partial charge in [0.2, 0.25) is 11.8 Å². The Kier molecular flexibility index (Phi) is 5.19. The fourth-order valence-corrected chi connectivity index (χ4v) is 2.85. The van der Waals surface area contributed by atoms with Gasteiger partial charge in [-0.15, -0.1) is 0 Å². The molecule has 0 aromatic heterocycles. The maximum atomic E-state index is 11.8. The van der Waals surface area contributed by atoms with Gasteiger partial charge in [-0.1, -0.05) is 6.42 Å². The normalized spacial score (nSPS) is 22.6. The third-order valence-corrected chi connectivity index (χ3v) is 4.11. The minimum Gasteiger partial charge on any atom is -0.353 e. The van der Waals surface area contributed by atoms with Crippen LogP contribution in [0, 0.1) is 0 Å². The van der Waals surface area contributed by atoms with Crippen LogP contribution in [0.5, 0.6) is 0 Å². The highest BCUT2D eigenvalue weighted by Gasteiger charge is 2.23. The van der Waals surface area contributed by atoms with Gasteiger partial charge in [0.25, 0.3) is 0 Å². The quantitative estimate of drug-likeness (QED) is 0.793. The standard InChI is InChI=1S/C14H25N3O2/c1-12(16-7-3-2-4-8-16)10-15-13(18)11-17-9-5-6-14(17)19/h12H,2-11H2,1H3,(H,15,18). The van der Waals surface area contributed by atoms with Crippen molar-refractivity contribution >= 4 is 11.8 Å². The van der Waals surface area contributed by atoms with Crippen molar-refractivity contribution in [2.45, 2.75) is 45.1 Å². The molecule has 2 rings (SSSR count). The van der Waals surface area contributed by atoms with Gasteiger partial charge < -0.3 is 10.2 Å². The van der Waals surface area contributed by atoms with E-state index in [0.717, 1.165) is 26.1 Å². The van der Waals surface area contributed by atoms with Crippen molar-refractivity contribution < 1.29 is 9.59 Å². The molecule has 0 aromatic carbocycles. The Morgan fingerprint density at radius 1 is 1.21 bits per heavy atom. The Balaban J connectivity index is 1.66. The van der Waals surface area contributed by atoms with Crippen LogP contribution >= 0.6 is 0 Å². The van der Waals surface area contributed by atoms with Crippen LogP contribution in [-0.2, 0) is 9.59 Å². The van der Waals surface area contributed by atoms with Crippen molar-refractivity contribution in [3.8, 4) is 0 Å². The molecule has 0 bridgehead atoms. The summed E-state index contributed by atoms with van der Waals surface area (Å²) in [6.45, 7) is 6.08. The summed E-state index contributed by atoms with van der Waals surface area (Å²) in [5, 5.41) is 2.95. The lowest BCUT2D eigenvalue weighted by Crippen LogP contribution is -2.46. The first-order chi connectivity index (χ1) is 9.16. The number of rotatable bonds is 5. The first-order valence-electron chi connectivity index (χ1n) is 7.45. The molecule has 5 heteroatoms. The highest BCUT2D eigenvalue weighted by Crippen LogP contribution is 2.11. The van der Waals surface area contributed by atoms with Gasteiger partial charge in [-0.25, -0.2) is 0 Å². The van der Waals surface area contributed by atoms with E-state index in [1.807, 2.05) is 0 Å². The second-order valence-corrected chi connectivity index (χ2v) is 5.67. The van der Waals surface area contributed by atoms with Crippen molar-refractivity contribution in [3.05, 3.63) is 0 Å². The molecule has 5 nitrogen and oxygen atoms in total. The van der Waals surface area contributed by atoms with Crippen molar-refractivity contribution in [3.63, 3.8) is 0 Å². The number of hydrogen-bond acceptors (Lipinski definition) is 3. The van der Waals surface area contributed by atoms with E-state index >= 15 is 0 Å². The van der Waals surface area contributed by atoms with Gasteiger partial charge in [-0.2, -0.15) is 0 Å². The number of likely N-dealkylation sites (tertiary alicyclic amines) is 2. The van der Waals surface area contributed by atoms with Gasteiger partial charge >= 0.3 is 0 Å². The van der Waals surface area contributed by atoms with E-state index in [9.17, 15) is 9.59 Å². The third kappa shape index (κ3) is 4.20. The van der Waals surface area contributed by atoms with Crippen LogP contribution in [0.2, 0.25) is 0 Å². The highest BCUT2D eigenvalue weighted by molar-refractivity contribution is 5.85. The molecule has 2 heterocycles. The first kappa shape index (κ1) is 14.3. The smallest absolute Gasteiger partial charge is 0.239 e. The van der Waals surface area contributed by atoms with Crippen LogP contribution in [0.4, 0.5) is 0 Å². The fraction of sp³-hybridized carbons (Fsp3) is 0.857. The molecule has 2 amide bonds. The lowest BCUT2D eigenvalue weighted by atomic mass is 10.1.